The summed E-state index contributed by atoms with van der Waals surface area (Å²) in [7, 11) is 2.99. The molecule has 0 saturated heterocycles. The number of nitrogens with one attached hydrogen (secondary N) is 2. The third kappa shape index (κ3) is 5.83. The number of benzene rings is 1. The van der Waals surface area contributed by atoms with Crippen LogP contribution in [0, 0.1) is 11.3 Å². The second kappa shape index (κ2) is 8.97. The fourth-order valence-electron chi connectivity index (χ4n) is 1.43. The van der Waals surface area contributed by atoms with Crippen molar-refractivity contribution in [3.8, 4) is 6.07 Å². The highest BCUT2D eigenvalue weighted by atomic mass is 35.5. The normalized spacial score (nSPS) is 11.1. The van der Waals surface area contributed by atoms with Crippen molar-refractivity contribution in [3.63, 3.8) is 0 Å². The number of hydrogen-bond donors (Lipinski definition) is 2. The van der Waals surface area contributed by atoms with Crippen molar-refractivity contribution in [2.45, 2.75) is 6.29 Å². The summed E-state index contributed by atoms with van der Waals surface area (Å²) < 4.78 is 9.94. The van der Waals surface area contributed by atoms with Gasteiger partial charge in [0, 0.05) is 31.1 Å². The minimum absolute atomic E-state index is 0.0686. The zero-order valence-corrected chi connectivity index (χ0v) is 12.5. The number of nitriles is 1. The molecule has 0 aliphatic heterocycles. The lowest BCUT2D eigenvalue weighted by molar-refractivity contribution is -0.112. The summed E-state index contributed by atoms with van der Waals surface area (Å²) in [6.45, 7) is 0.308. The standard InChI is InChI=1S/C14H16ClN3O3/c1-20-13(21-2)9-17-8-10(7-16)14(19)18-12-5-3-4-11(15)6-12/h3-6,8,13,17H,9H2,1-2H3,(H,18,19)/b10-8-. The van der Waals surface area contributed by atoms with Gasteiger partial charge >= 0.3 is 0 Å². The molecule has 0 atom stereocenters. The van der Waals surface area contributed by atoms with Gasteiger partial charge in [-0.05, 0) is 18.2 Å². The van der Waals surface area contributed by atoms with Crippen LogP contribution in [0.15, 0.2) is 36.0 Å². The number of anilines is 1. The van der Waals surface area contributed by atoms with E-state index < -0.39 is 12.2 Å². The van der Waals surface area contributed by atoms with E-state index in [1.54, 1.807) is 24.3 Å². The van der Waals surface area contributed by atoms with Crippen molar-refractivity contribution >= 4 is 23.2 Å². The number of amides is 1. The summed E-state index contributed by atoms with van der Waals surface area (Å²) in [4.78, 5) is 11.9. The first-order valence-electron chi connectivity index (χ1n) is 6.07. The Morgan fingerprint density at radius 2 is 2.19 bits per heavy atom. The first kappa shape index (κ1) is 17.0. The second-order valence-corrected chi connectivity index (χ2v) is 4.38. The summed E-state index contributed by atoms with van der Waals surface area (Å²) in [5, 5.41) is 14.9. The molecule has 0 unspecified atom stereocenters. The first-order valence-corrected chi connectivity index (χ1v) is 6.44. The average molecular weight is 310 g/mol. The van der Waals surface area contributed by atoms with Gasteiger partial charge in [-0.1, -0.05) is 17.7 Å². The van der Waals surface area contributed by atoms with Crippen molar-refractivity contribution in [1.82, 2.24) is 5.32 Å². The van der Waals surface area contributed by atoms with Crippen LogP contribution in [0.1, 0.15) is 0 Å². The molecule has 0 spiro atoms. The molecule has 0 heterocycles. The van der Waals surface area contributed by atoms with Crippen LogP contribution in [0.4, 0.5) is 5.69 Å². The molecule has 1 aromatic rings. The number of ether oxygens (including phenoxy) is 2. The number of rotatable bonds is 7. The molecule has 7 heteroatoms. The van der Waals surface area contributed by atoms with Crippen molar-refractivity contribution in [3.05, 3.63) is 41.1 Å². The molecule has 0 aliphatic rings. The van der Waals surface area contributed by atoms with Gasteiger partial charge in [0.1, 0.15) is 11.6 Å². The van der Waals surface area contributed by atoms with E-state index in [0.717, 1.165) is 0 Å². The third-order valence-corrected chi connectivity index (χ3v) is 2.74. The Morgan fingerprint density at radius 3 is 2.76 bits per heavy atom. The van der Waals surface area contributed by atoms with Gasteiger partial charge in [-0.2, -0.15) is 5.26 Å². The van der Waals surface area contributed by atoms with E-state index >= 15 is 0 Å². The molecule has 0 radical (unpaired) electrons. The maximum atomic E-state index is 11.9. The molecule has 1 aromatic carbocycles. The molecule has 0 saturated carbocycles. The van der Waals surface area contributed by atoms with E-state index in [2.05, 4.69) is 10.6 Å². The fraction of sp³-hybridized carbons (Fsp3) is 0.286. The number of nitrogens with zero attached hydrogens (tertiary/aromatic N) is 1. The number of halogens is 1. The van der Waals surface area contributed by atoms with Crippen LogP contribution in [0.5, 0.6) is 0 Å². The summed E-state index contributed by atoms with van der Waals surface area (Å²) >= 11 is 5.82. The van der Waals surface area contributed by atoms with Gasteiger partial charge in [0.05, 0.1) is 6.54 Å². The smallest absolute Gasteiger partial charge is 0.267 e. The van der Waals surface area contributed by atoms with Crippen LogP contribution >= 0.6 is 11.6 Å². The van der Waals surface area contributed by atoms with Crippen LogP contribution in [-0.2, 0) is 14.3 Å². The van der Waals surface area contributed by atoms with Crippen molar-refractivity contribution in [2.24, 2.45) is 0 Å². The number of carbonyl (C=O) groups excluding carboxylic acids is 1. The minimum atomic E-state index is -0.529. The average Bonchev–Trinajstić information content (AvgIpc) is 2.47. The van der Waals surface area contributed by atoms with Crippen LogP contribution in [0.2, 0.25) is 5.02 Å². The Hall–Kier alpha value is -2.07. The maximum absolute atomic E-state index is 11.9. The van der Waals surface area contributed by atoms with Gasteiger partial charge in [-0.15, -0.1) is 0 Å². The van der Waals surface area contributed by atoms with Gasteiger partial charge in [0.25, 0.3) is 5.91 Å². The van der Waals surface area contributed by atoms with E-state index in [9.17, 15) is 4.79 Å². The molecule has 1 amide bonds. The molecule has 6 nitrogen and oxygen atoms in total. The molecule has 21 heavy (non-hydrogen) atoms. The minimum Gasteiger partial charge on any atom is -0.385 e. The summed E-state index contributed by atoms with van der Waals surface area (Å²) in [6, 6.07) is 8.48. The SMILES string of the molecule is COC(CN/C=C(/C#N)C(=O)Nc1cccc(Cl)c1)OC. The molecule has 1 rings (SSSR count). The van der Waals surface area contributed by atoms with E-state index in [-0.39, 0.29) is 5.57 Å². The molecule has 0 fully saturated rings. The highest BCUT2D eigenvalue weighted by Gasteiger charge is 2.10. The van der Waals surface area contributed by atoms with E-state index in [1.807, 2.05) is 6.07 Å². The van der Waals surface area contributed by atoms with Gasteiger partial charge < -0.3 is 20.1 Å². The predicted octanol–water partition coefficient (Wildman–Crippen LogP) is 1.89. The van der Waals surface area contributed by atoms with Crippen molar-refractivity contribution in [1.29, 1.82) is 5.26 Å². The zero-order chi connectivity index (χ0) is 15.7. The molecule has 0 aliphatic carbocycles. The Morgan fingerprint density at radius 1 is 1.48 bits per heavy atom. The largest absolute Gasteiger partial charge is 0.385 e. The fourth-order valence-corrected chi connectivity index (χ4v) is 1.62. The quantitative estimate of drug-likeness (QED) is 0.456. The van der Waals surface area contributed by atoms with Gasteiger partial charge in [-0.3, -0.25) is 4.79 Å². The van der Waals surface area contributed by atoms with Crippen LogP contribution < -0.4 is 10.6 Å². The zero-order valence-electron chi connectivity index (χ0n) is 11.7. The lowest BCUT2D eigenvalue weighted by Gasteiger charge is -2.12. The number of carbonyl (C=O) groups is 1. The highest BCUT2D eigenvalue weighted by Crippen LogP contribution is 2.15. The maximum Gasteiger partial charge on any atom is 0.267 e. The van der Waals surface area contributed by atoms with Gasteiger partial charge in [-0.25, -0.2) is 0 Å². The van der Waals surface area contributed by atoms with E-state index in [0.29, 0.717) is 17.3 Å². The number of methoxy groups -OCH3 is 2. The lowest BCUT2D eigenvalue weighted by Crippen LogP contribution is -2.27. The third-order valence-electron chi connectivity index (χ3n) is 2.50. The highest BCUT2D eigenvalue weighted by molar-refractivity contribution is 6.31. The lowest BCUT2D eigenvalue weighted by atomic mass is 10.2. The number of hydrogen-bond acceptors (Lipinski definition) is 5. The van der Waals surface area contributed by atoms with Gasteiger partial charge in [0.2, 0.25) is 0 Å². The Balaban J connectivity index is 2.63. The topological polar surface area (TPSA) is 83.4 Å². The summed E-state index contributed by atoms with van der Waals surface area (Å²) in [5.74, 6) is -0.529. The second-order valence-electron chi connectivity index (χ2n) is 3.94. The Kier molecular flexibility index (Phi) is 7.26. The predicted molar refractivity (Wildman–Crippen MR) is 79.6 cm³/mol. The first-order chi connectivity index (χ1) is 10.1. The van der Waals surface area contributed by atoms with Crippen LogP contribution in [0.25, 0.3) is 0 Å². The van der Waals surface area contributed by atoms with Crippen molar-refractivity contribution < 1.29 is 14.3 Å². The molecular weight excluding hydrogens is 294 g/mol. The van der Waals surface area contributed by atoms with Crippen LogP contribution in [0.3, 0.4) is 0 Å². The Bertz CT molecular complexity index is 551. The molecule has 0 bridgehead atoms. The van der Waals surface area contributed by atoms with Gasteiger partial charge in [0.15, 0.2) is 6.29 Å². The molecular formula is C14H16ClN3O3. The Labute approximate surface area is 128 Å². The summed E-state index contributed by atoms with van der Waals surface area (Å²) in [6.07, 6.45) is 0.849. The van der Waals surface area contributed by atoms with E-state index in [1.165, 1.54) is 20.4 Å². The molecule has 2 N–H and O–H groups in total. The van der Waals surface area contributed by atoms with Crippen LogP contribution in [-0.4, -0.2) is 33.0 Å². The monoisotopic (exact) mass is 309 g/mol. The van der Waals surface area contributed by atoms with Crippen molar-refractivity contribution in [2.75, 3.05) is 26.1 Å². The summed E-state index contributed by atoms with van der Waals surface area (Å²) in [5.41, 5.74) is 0.446. The molecule has 112 valence electrons. The molecule has 0 aromatic heterocycles. The van der Waals surface area contributed by atoms with E-state index in [4.69, 9.17) is 26.3 Å².